The maximum Gasteiger partial charge on any atom is 0.123 e. The fourth-order valence-electron chi connectivity index (χ4n) is 2.23. The predicted molar refractivity (Wildman–Crippen MR) is 75.0 cm³/mol. The molecule has 0 aromatic heterocycles. The third-order valence-electron chi connectivity index (χ3n) is 3.19. The summed E-state index contributed by atoms with van der Waals surface area (Å²) >= 11 is 3.55. The van der Waals surface area contributed by atoms with Gasteiger partial charge in [-0.3, -0.25) is 0 Å². The highest BCUT2D eigenvalue weighted by Gasteiger charge is 2.24. The van der Waals surface area contributed by atoms with Gasteiger partial charge in [0.1, 0.15) is 17.7 Å². The molecule has 100 valence electrons. The van der Waals surface area contributed by atoms with E-state index >= 15 is 0 Å². The molecule has 0 spiro atoms. The number of hydrogen-bond donors (Lipinski definition) is 0. The standard InChI is InChI=1S/C14H19BrFNO/c1-10(15)5-6-17(2)9-13-8-11-7-12(16)3-4-14(11)18-13/h3-4,7,10,13H,5-6,8-9H2,1-2H3. The van der Waals surface area contributed by atoms with Gasteiger partial charge < -0.3 is 9.64 Å². The van der Waals surface area contributed by atoms with Gasteiger partial charge in [0.05, 0.1) is 0 Å². The van der Waals surface area contributed by atoms with Crippen LogP contribution in [0.2, 0.25) is 0 Å². The second-order valence-electron chi connectivity index (χ2n) is 5.03. The van der Waals surface area contributed by atoms with E-state index in [0.717, 1.165) is 37.2 Å². The Bertz CT molecular complexity index is 411. The third kappa shape index (κ3) is 3.69. The van der Waals surface area contributed by atoms with E-state index in [1.165, 1.54) is 6.07 Å². The summed E-state index contributed by atoms with van der Waals surface area (Å²) in [7, 11) is 2.10. The maximum atomic E-state index is 13.1. The van der Waals surface area contributed by atoms with Crippen molar-refractivity contribution in [3.63, 3.8) is 0 Å². The highest BCUT2D eigenvalue weighted by Crippen LogP contribution is 2.29. The van der Waals surface area contributed by atoms with Crippen LogP contribution < -0.4 is 4.74 Å². The number of ether oxygens (including phenoxy) is 1. The lowest BCUT2D eigenvalue weighted by Gasteiger charge is -2.21. The SMILES string of the molecule is CC(Br)CCN(C)CC1Cc2cc(F)ccc2O1. The predicted octanol–water partition coefficient (Wildman–Crippen LogP) is 3.23. The van der Waals surface area contributed by atoms with Gasteiger partial charge in [0.25, 0.3) is 0 Å². The van der Waals surface area contributed by atoms with Gasteiger partial charge in [-0.05, 0) is 38.2 Å². The van der Waals surface area contributed by atoms with E-state index in [1.54, 1.807) is 12.1 Å². The fourth-order valence-corrected chi connectivity index (χ4v) is 2.43. The molecule has 1 aromatic rings. The van der Waals surface area contributed by atoms with Gasteiger partial charge in [0, 0.05) is 23.4 Å². The Kier molecular flexibility index (Phi) is 4.62. The second-order valence-corrected chi connectivity index (χ2v) is 6.59. The summed E-state index contributed by atoms with van der Waals surface area (Å²) in [5.74, 6) is 0.656. The molecule has 0 bridgehead atoms. The van der Waals surface area contributed by atoms with Crippen molar-refractivity contribution in [1.82, 2.24) is 4.90 Å². The monoisotopic (exact) mass is 315 g/mol. The highest BCUT2D eigenvalue weighted by molar-refractivity contribution is 9.09. The summed E-state index contributed by atoms with van der Waals surface area (Å²) in [5, 5.41) is 0. The third-order valence-corrected chi connectivity index (χ3v) is 3.65. The zero-order valence-electron chi connectivity index (χ0n) is 10.8. The zero-order chi connectivity index (χ0) is 13.1. The minimum absolute atomic E-state index is 0.150. The lowest BCUT2D eigenvalue weighted by molar-refractivity contribution is 0.168. The number of alkyl halides is 1. The Morgan fingerprint density at radius 1 is 1.56 bits per heavy atom. The Labute approximate surface area is 116 Å². The van der Waals surface area contributed by atoms with Crippen LogP contribution in [0.4, 0.5) is 4.39 Å². The highest BCUT2D eigenvalue weighted by atomic mass is 79.9. The quantitative estimate of drug-likeness (QED) is 0.773. The molecule has 0 radical (unpaired) electrons. The Morgan fingerprint density at radius 2 is 2.33 bits per heavy atom. The van der Waals surface area contributed by atoms with Crippen LogP contribution in [0.25, 0.3) is 0 Å². The summed E-state index contributed by atoms with van der Waals surface area (Å²) in [6.07, 6.45) is 2.07. The molecule has 0 saturated carbocycles. The van der Waals surface area contributed by atoms with Crippen LogP contribution in [0.5, 0.6) is 5.75 Å². The van der Waals surface area contributed by atoms with Gasteiger partial charge in [0.15, 0.2) is 0 Å². The molecule has 18 heavy (non-hydrogen) atoms. The minimum atomic E-state index is -0.181. The molecular weight excluding hydrogens is 297 g/mol. The summed E-state index contributed by atoms with van der Waals surface area (Å²) in [6, 6.07) is 4.76. The Hall–Kier alpha value is -0.610. The van der Waals surface area contributed by atoms with Gasteiger partial charge in [-0.15, -0.1) is 0 Å². The van der Waals surface area contributed by atoms with Crippen LogP contribution >= 0.6 is 15.9 Å². The van der Waals surface area contributed by atoms with E-state index in [1.807, 2.05) is 0 Å². The second kappa shape index (κ2) is 6.02. The smallest absolute Gasteiger partial charge is 0.123 e. The normalized spacial score (nSPS) is 19.7. The number of nitrogens with zero attached hydrogens (tertiary/aromatic N) is 1. The number of likely N-dealkylation sites (N-methyl/N-ethyl adjacent to an activating group) is 1. The molecule has 1 aliphatic heterocycles. The Balaban J connectivity index is 1.84. The Morgan fingerprint density at radius 3 is 3.06 bits per heavy atom. The molecular formula is C14H19BrFNO. The molecule has 1 aliphatic rings. The summed E-state index contributed by atoms with van der Waals surface area (Å²) in [5.41, 5.74) is 0.988. The molecule has 0 N–H and O–H groups in total. The van der Waals surface area contributed by atoms with E-state index in [-0.39, 0.29) is 11.9 Å². The molecule has 0 amide bonds. The van der Waals surface area contributed by atoms with Gasteiger partial charge in [-0.25, -0.2) is 4.39 Å². The summed E-state index contributed by atoms with van der Waals surface area (Å²) < 4.78 is 18.9. The van der Waals surface area contributed by atoms with Crippen molar-refractivity contribution in [2.45, 2.75) is 30.7 Å². The largest absolute Gasteiger partial charge is 0.488 e. The summed E-state index contributed by atoms with van der Waals surface area (Å²) in [4.78, 5) is 2.81. The number of benzene rings is 1. The van der Waals surface area contributed by atoms with Crippen molar-refractivity contribution < 1.29 is 9.13 Å². The average molecular weight is 316 g/mol. The maximum absolute atomic E-state index is 13.1. The minimum Gasteiger partial charge on any atom is -0.488 e. The number of halogens is 2. The van der Waals surface area contributed by atoms with E-state index in [2.05, 4.69) is 34.8 Å². The first kappa shape index (κ1) is 13.8. The van der Waals surface area contributed by atoms with Crippen LogP contribution in [-0.4, -0.2) is 36.0 Å². The number of rotatable bonds is 5. The van der Waals surface area contributed by atoms with Crippen LogP contribution in [0.3, 0.4) is 0 Å². The van der Waals surface area contributed by atoms with Crippen molar-refractivity contribution in [1.29, 1.82) is 0 Å². The van der Waals surface area contributed by atoms with Crippen molar-refractivity contribution in [3.8, 4) is 5.75 Å². The van der Waals surface area contributed by atoms with E-state index in [0.29, 0.717) is 4.83 Å². The molecule has 2 unspecified atom stereocenters. The summed E-state index contributed by atoms with van der Waals surface area (Å²) in [6.45, 7) is 4.07. The molecule has 0 fully saturated rings. The zero-order valence-corrected chi connectivity index (χ0v) is 12.4. The topological polar surface area (TPSA) is 12.5 Å². The van der Waals surface area contributed by atoms with Crippen LogP contribution in [-0.2, 0) is 6.42 Å². The molecule has 2 nitrogen and oxygen atoms in total. The van der Waals surface area contributed by atoms with Crippen LogP contribution in [0.1, 0.15) is 18.9 Å². The van der Waals surface area contributed by atoms with Crippen LogP contribution in [0.15, 0.2) is 18.2 Å². The van der Waals surface area contributed by atoms with E-state index < -0.39 is 0 Å². The average Bonchev–Trinajstić information content (AvgIpc) is 2.67. The number of fused-ring (bicyclic) bond motifs is 1. The molecule has 1 heterocycles. The van der Waals surface area contributed by atoms with Crippen molar-refractivity contribution >= 4 is 15.9 Å². The fraction of sp³-hybridized carbons (Fsp3) is 0.571. The van der Waals surface area contributed by atoms with Gasteiger partial charge >= 0.3 is 0 Å². The molecule has 4 heteroatoms. The molecule has 2 atom stereocenters. The lowest BCUT2D eigenvalue weighted by atomic mass is 10.1. The van der Waals surface area contributed by atoms with E-state index in [4.69, 9.17) is 4.74 Å². The first-order chi connectivity index (χ1) is 8.54. The van der Waals surface area contributed by atoms with E-state index in [9.17, 15) is 4.39 Å². The van der Waals surface area contributed by atoms with Crippen molar-refractivity contribution in [3.05, 3.63) is 29.6 Å². The lowest BCUT2D eigenvalue weighted by Crippen LogP contribution is -2.33. The molecule has 0 saturated heterocycles. The number of hydrogen-bond acceptors (Lipinski definition) is 2. The molecule has 1 aromatic carbocycles. The first-order valence-corrected chi connectivity index (χ1v) is 7.24. The molecule has 2 rings (SSSR count). The molecule has 0 aliphatic carbocycles. The van der Waals surface area contributed by atoms with Crippen molar-refractivity contribution in [2.24, 2.45) is 0 Å². The van der Waals surface area contributed by atoms with Crippen LogP contribution in [0, 0.1) is 5.82 Å². The van der Waals surface area contributed by atoms with Gasteiger partial charge in [0.2, 0.25) is 0 Å². The van der Waals surface area contributed by atoms with Crippen molar-refractivity contribution in [2.75, 3.05) is 20.1 Å². The van der Waals surface area contributed by atoms with Gasteiger partial charge in [-0.2, -0.15) is 0 Å². The first-order valence-electron chi connectivity index (χ1n) is 6.32. The van der Waals surface area contributed by atoms with Gasteiger partial charge in [-0.1, -0.05) is 22.9 Å².